The Labute approximate surface area is 175 Å². The number of aromatic amines is 2. The van der Waals surface area contributed by atoms with Gasteiger partial charge in [0.25, 0.3) is 5.56 Å². The minimum atomic E-state index is -1.79. The molecule has 166 valence electrons. The highest BCUT2D eigenvalue weighted by atomic mass is 28.4. The topological polar surface area (TPSA) is 87.4 Å². The zero-order chi connectivity index (χ0) is 22.1. The van der Waals surface area contributed by atoms with Crippen LogP contribution < -0.4 is 5.56 Å². The molecule has 29 heavy (non-hydrogen) atoms. The maximum atomic E-state index is 12.6. The van der Waals surface area contributed by atoms with E-state index in [1.165, 1.54) is 0 Å². The first-order chi connectivity index (χ1) is 13.2. The highest BCUT2D eigenvalue weighted by molar-refractivity contribution is 6.74. The SMILES string of the molecule is CC(C)(C)OC(=O)N1CCC(CCCO[Si](C)(C)C(C)(C)C)(c2cc(=O)[nH][nH]2)C1. The van der Waals surface area contributed by atoms with Crippen LogP contribution in [0.25, 0.3) is 0 Å². The number of H-pyrrole nitrogens is 2. The number of ether oxygens (including phenoxy) is 1. The molecule has 1 aliphatic rings. The number of likely N-dealkylation sites (tertiary alicyclic amines) is 1. The van der Waals surface area contributed by atoms with E-state index in [9.17, 15) is 9.59 Å². The highest BCUT2D eigenvalue weighted by Crippen LogP contribution is 2.39. The van der Waals surface area contributed by atoms with Crippen LogP contribution in [0.4, 0.5) is 4.79 Å². The molecule has 1 aromatic heterocycles. The summed E-state index contributed by atoms with van der Waals surface area (Å²) in [6, 6.07) is 1.62. The molecular formula is C21H39N3O4Si. The fourth-order valence-corrected chi connectivity index (χ4v) is 4.57. The van der Waals surface area contributed by atoms with Crippen LogP contribution in [0, 0.1) is 0 Å². The number of nitrogens with zero attached hydrogens (tertiary/aromatic N) is 1. The molecule has 2 rings (SSSR count). The van der Waals surface area contributed by atoms with Crippen LogP contribution in [0.1, 0.15) is 66.5 Å². The second-order valence-corrected chi connectivity index (χ2v) is 15.6. The number of aromatic nitrogens is 2. The predicted molar refractivity (Wildman–Crippen MR) is 118 cm³/mol. The van der Waals surface area contributed by atoms with E-state index in [1.54, 1.807) is 11.0 Å². The summed E-state index contributed by atoms with van der Waals surface area (Å²) in [7, 11) is -1.79. The summed E-state index contributed by atoms with van der Waals surface area (Å²) >= 11 is 0. The Balaban J connectivity index is 2.08. The quantitative estimate of drug-likeness (QED) is 0.523. The Morgan fingerprint density at radius 3 is 2.38 bits per heavy atom. The van der Waals surface area contributed by atoms with E-state index in [-0.39, 0.29) is 22.1 Å². The summed E-state index contributed by atoms with van der Waals surface area (Å²) in [5, 5.41) is 5.85. The third kappa shape index (κ3) is 5.98. The largest absolute Gasteiger partial charge is 0.444 e. The Morgan fingerprint density at radius 2 is 1.86 bits per heavy atom. The molecule has 0 bridgehead atoms. The molecule has 8 heteroatoms. The van der Waals surface area contributed by atoms with Crippen molar-refractivity contribution in [1.82, 2.24) is 15.1 Å². The molecule has 2 heterocycles. The van der Waals surface area contributed by atoms with Gasteiger partial charge in [-0.25, -0.2) is 4.79 Å². The molecule has 0 aliphatic carbocycles. The van der Waals surface area contributed by atoms with E-state index in [2.05, 4.69) is 44.1 Å². The number of carbonyl (C=O) groups excluding carboxylic acids is 1. The van der Waals surface area contributed by atoms with E-state index < -0.39 is 13.9 Å². The molecule has 1 aromatic rings. The normalized spacial score (nSPS) is 20.9. The van der Waals surface area contributed by atoms with Crippen molar-refractivity contribution in [2.24, 2.45) is 0 Å². The maximum Gasteiger partial charge on any atom is 0.410 e. The Kier molecular flexibility index (Phi) is 6.79. The first kappa shape index (κ1) is 23.7. The van der Waals surface area contributed by atoms with Gasteiger partial charge >= 0.3 is 6.09 Å². The second-order valence-electron chi connectivity index (χ2n) is 10.8. The van der Waals surface area contributed by atoms with Crippen LogP contribution in [0.5, 0.6) is 0 Å². The van der Waals surface area contributed by atoms with Crippen molar-refractivity contribution >= 4 is 14.4 Å². The van der Waals surface area contributed by atoms with Crippen LogP contribution in [0.2, 0.25) is 18.1 Å². The van der Waals surface area contributed by atoms with E-state index in [0.717, 1.165) is 25.0 Å². The van der Waals surface area contributed by atoms with Crippen LogP contribution >= 0.6 is 0 Å². The van der Waals surface area contributed by atoms with Crippen LogP contribution in [-0.4, -0.2) is 54.8 Å². The van der Waals surface area contributed by atoms with Gasteiger partial charge in [0.05, 0.1) is 0 Å². The van der Waals surface area contributed by atoms with Gasteiger partial charge in [-0.2, -0.15) is 0 Å². The van der Waals surface area contributed by atoms with Crippen molar-refractivity contribution in [3.8, 4) is 0 Å². The van der Waals surface area contributed by atoms with Gasteiger partial charge in [0, 0.05) is 36.9 Å². The van der Waals surface area contributed by atoms with Crippen molar-refractivity contribution in [3.05, 3.63) is 22.1 Å². The molecule has 2 N–H and O–H groups in total. The molecule has 1 unspecified atom stereocenters. The van der Waals surface area contributed by atoms with Crippen LogP contribution in [0.15, 0.2) is 10.9 Å². The summed E-state index contributed by atoms with van der Waals surface area (Å²) in [5.74, 6) is 0. The lowest BCUT2D eigenvalue weighted by Crippen LogP contribution is -2.41. The number of carbonyl (C=O) groups is 1. The molecule has 1 amide bonds. The van der Waals surface area contributed by atoms with E-state index in [1.807, 2.05) is 20.8 Å². The molecule has 7 nitrogen and oxygen atoms in total. The van der Waals surface area contributed by atoms with Gasteiger partial charge in [-0.1, -0.05) is 20.8 Å². The Morgan fingerprint density at radius 1 is 1.21 bits per heavy atom. The molecule has 0 saturated carbocycles. The minimum absolute atomic E-state index is 0.146. The maximum absolute atomic E-state index is 12.6. The summed E-state index contributed by atoms with van der Waals surface area (Å²) in [5.41, 5.74) is -0.0947. The molecule has 1 saturated heterocycles. The van der Waals surface area contributed by atoms with Crippen molar-refractivity contribution in [2.75, 3.05) is 19.7 Å². The molecular weight excluding hydrogens is 386 g/mol. The fourth-order valence-electron chi connectivity index (χ4n) is 3.49. The summed E-state index contributed by atoms with van der Waals surface area (Å²) in [4.78, 5) is 26.1. The number of hydrogen-bond acceptors (Lipinski definition) is 4. The second kappa shape index (κ2) is 8.30. The Bertz CT molecular complexity index is 757. The molecule has 0 aromatic carbocycles. The molecule has 0 radical (unpaired) electrons. The van der Waals surface area contributed by atoms with Crippen molar-refractivity contribution < 1.29 is 14.0 Å². The number of hydrogen-bond donors (Lipinski definition) is 2. The zero-order valence-electron chi connectivity index (χ0n) is 19.4. The lowest BCUT2D eigenvalue weighted by atomic mass is 9.79. The number of nitrogens with one attached hydrogen (secondary N) is 2. The van der Waals surface area contributed by atoms with Gasteiger partial charge in [0.15, 0.2) is 8.32 Å². The molecule has 0 spiro atoms. The molecule has 1 aliphatic heterocycles. The summed E-state index contributed by atoms with van der Waals surface area (Å²) < 4.78 is 11.9. The lowest BCUT2D eigenvalue weighted by Gasteiger charge is -2.36. The number of amides is 1. The predicted octanol–water partition coefficient (Wildman–Crippen LogP) is 4.38. The molecule has 1 atom stereocenters. The monoisotopic (exact) mass is 425 g/mol. The third-order valence-corrected chi connectivity index (χ3v) is 10.8. The summed E-state index contributed by atoms with van der Waals surface area (Å²) in [6.07, 6.45) is 2.21. The number of rotatable bonds is 6. The van der Waals surface area contributed by atoms with Crippen molar-refractivity contribution in [3.63, 3.8) is 0 Å². The van der Waals surface area contributed by atoms with E-state index in [0.29, 0.717) is 19.7 Å². The minimum Gasteiger partial charge on any atom is -0.444 e. The lowest BCUT2D eigenvalue weighted by molar-refractivity contribution is 0.0282. The first-order valence-corrected chi connectivity index (χ1v) is 13.5. The van der Waals surface area contributed by atoms with Gasteiger partial charge < -0.3 is 19.2 Å². The Hall–Kier alpha value is -1.54. The van der Waals surface area contributed by atoms with Crippen molar-refractivity contribution in [2.45, 2.75) is 90.0 Å². The standard InChI is InChI=1S/C21H39N3O4Si/c1-19(2,3)28-18(26)24-12-11-21(15-24,16-14-17(25)23-22-16)10-9-13-27-29(7,8)20(4,5)6/h14H,9-13,15H2,1-8H3,(H2,22,23,25). The van der Waals surface area contributed by atoms with Gasteiger partial charge in [-0.3, -0.25) is 9.89 Å². The third-order valence-electron chi connectivity index (χ3n) is 6.24. The average molecular weight is 426 g/mol. The fraction of sp³-hybridized carbons (Fsp3) is 0.810. The van der Waals surface area contributed by atoms with Crippen molar-refractivity contribution in [1.29, 1.82) is 0 Å². The highest BCUT2D eigenvalue weighted by Gasteiger charge is 2.44. The average Bonchev–Trinajstić information content (AvgIpc) is 3.16. The summed E-state index contributed by atoms with van der Waals surface area (Å²) in [6.45, 7) is 18.7. The van der Waals surface area contributed by atoms with E-state index in [4.69, 9.17) is 9.16 Å². The van der Waals surface area contributed by atoms with Crippen LogP contribution in [-0.2, 0) is 14.6 Å². The smallest absolute Gasteiger partial charge is 0.410 e. The first-order valence-electron chi connectivity index (χ1n) is 10.6. The van der Waals surface area contributed by atoms with Gasteiger partial charge in [-0.15, -0.1) is 0 Å². The van der Waals surface area contributed by atoms with Gasteiger partial charge in [0.2, 0.25) is 0 Å². The molecule has 1 fully saturated rings. The van der Waals surface area contributed by atoms with Gasteiger partial charge in [0.1, 0.15) is 5.60 Å². The zero-order valence-corrected chi connectivity index (χ0v) is 20.4. The van der Waals surface area contributed by atoms with Gasteiger partial charge in [-0.05, 0) is 58.2 Å². The van der Waals surface area contributed by atoms with E-state index >= 15 is 0 Å². The van der Waals surface area contributed by atoms with Crippen LogP contribution in [0.3, 0.4) is 0 Å².